The van der Waals surface area contributed by atoms with Gasteiger partial charge in [-0.3, -0.25) is 13.9 Å². The van der Waals surface area contributed by atoms with Crippen LogP contribution in [-0.2, 0) is 32.6 Å². The van der Waals surface area contributed by atoms with Gasteiger partial charge in [0.1, 0.15) is 18.4 Å². The number of sulfonamides is 1. The molecule has 0 aliphatic rings. The zero-order chi connectivity index (χ0) is 31.0. The van der Waals surface area contributed by atoms with Crippen LogP contribution in [0.25, 0.3) is 0 Å². The van der Waals surface area contributed by atoms with E-state index in [-0.39, 0.29) is 29.1 Å². The minimum absolute atomic E-state index is 0.0209. The van der Waals surface area contributed by atoms with E-state index in [0.29, 0.717) is 17.1 Å². The van der Waals surface area contributed by atoms with E-state index in [9.17, 15) is 22.4 Å². The molecule has 4 aromatic rings. The molecule has 2 amide bonds. The van der Waals surface area contributed by atoms with E-state index in [0.717, 1.165) is 9.87 Å². The molecule has 4 rings (SSSR count). The minimum atomic E-state index is -4.27. The number of amides is 2. The molecule has 7 nitrogen and oxygen atoms in total. The molecular weight excluding hydrogens is 589 g/mol. The largest absolute Gasteiger partial charge is 0.355 e. The molecule has 1 atom stereocenters. The smallest absolute Gasteiger partial charge is 0.264 e. The first-order valence-corrected chi connectivity index (χ1v) is 15.6. The molecule has 0 saturated heterocycles. The standard InChI is InChI=1S/C33H33ClFN3O4S/c1-3-36-33(40)31(21-25-13-6-4-7-14-25)37(22-26-15-10-11-19-29(26)35)32(39)23-38(30-20-12-18-28(34)24(30)2)43(41,42)27-16-8-5-9-17-27/h4-20,31H,3,21-23H2,1-2H3,(H,36,40). The van der Waals surface area contributed by atoms with Gasteiger partial charge in [-0.1, -0.05) is 84.4 Å². The molecule has 224 valence electrons. The van der Waals surface area contributed by atoms with Crippen LogP contribution in [0.1, 0.15) is 23.6 Å². The molecule has 0 bridgehead atoms. The highest BCUT2D eigenvalue weighted by Gasteiger charge is 2.35. The molecular formula is C33H33ClFN3O4S. The highest BCUT2D eigenvalue weighted by Crippen LogP contribution is 2.31. The van der Waals surface area contributed by atoms with E-state index in [1.807, 2.05) is 30.3 Å². The molecule has 0 aromatic heterocycles. The summed E-state index contributed by atoms with van der Waals surface area (Å²) in [4.78, 5) is 29.1. The number of nitrogens with zero attached hydrogens (tertiary/aromatic N) is 2. The van der Waals surface area contributed by atoms with Gasteiger partial charge >= 0.3 is 0 Å². The second kappa shape index (κ2) is 14.3. The summed E-state index contributed by atoms with van der Waals surface area (Å²) in [5.41, 5.74) is 1.65. The Balaban J connectivity index is 1.83. The fraction of sp³-hybridized carbons (Fsp3) is 0.212. The van der Waals surface area contributed by atoms with Crippen molar-refractivity contribution in [1.29, 1.82) is 0 Å². The molecule has 1 N–H and O–H groups in total. The van der Waals surface area contributed by atoms with Crippen LogP contribution >= 0.6 is 11.6 Å². The van der Waals surface area contributed by atoms with Gasteiger partial charge in [-0.05, 0) is 55.3 Å². The Morgan fingerprint density at radius 1 is 0.884 bits per heavy atom. The van der Waals surface area contributed by atoms with Crippen LogP contribution in [0.3, 0.4) is 0 Å². The predicted molar refractivity (Wildman–Crippen MR) is 167 cm³/mol. The second-order valence-electron chi connectivity index (χ2n) is 9.92. The fourth-order valence-corrected chi connectivity index (χ4v) is 6.42. The predicted octanol–water partition coefficient (Wildman–Crippen LogP) is 5.76. The Labute approximate surface area is 257 Å². The SMILES string of the molecule is CCNC(=O)C(Cc1ccccc1)N(Cc1ccccc1F)C(=O)CN(c1cccc(Cl)c1C)S(=O)(=O)c1ccccc1. The summed E-state index contributed by atoms with van der Waals surface area (Å²) in [5.74, 6) is -1.67. The van der Waals surface area contributed by atoms with Gasteiger partial charge < -0.3 is 10.2 Å². The zero-order valence-electron chi connectivity index (χ0n) is 23.9. The van der Waals surface area contributed by atoms with Crippen molar-refractivity contribution in [2.75, 3.05) is 17.4 Å². The molecule has 0 radical (unpaired) electrons. The molecule has 4 aromatic carbocycles. The Morgan fingerprint density at radius 3 is 2.16 bits per heavy atom. The van der Waals surface area contributed by atoms with Crippen molar-refractivity contribution in [2.45, 2.75) is 37.8 Å². The number of halogens is 2. The molecule has 10 heteroatoms. The van der Waals surface area contributed by atoms with E-state index in [4.69, 9.17) is 11.6 Å². The van der Waals surface area contributed by atoms with E-state index < -0.39 is 40.2 Å². The summed E-state index contributed by atoms with van der Waals surface area (Å²) >= 11 is 6.38. The van der Waals surface area contributed by atoms with Gasteiger partial charge in [-0.25, -0.2) is 12.8 Å². The van der Waals surface area contributed by atoms with Crippen molar-refractivity contribution in [3.05, 3.63) is 131 Å². The summed E-state index contributed by atoms with van der Waals surface area (Å²) in [7, 11) is -4.27. The third kappa shape index (κ3) is 7.60. The van der Waals surface area contributed by atoms with Crippen molar-refractivity contribution in [2.24, 2.45) is 0 Å². The first-order chi connectivity index (χ1) is 20.6. The lowest BCUT2D eigenvalue weighted by molar-refractivity contribution is -0.140. The van der Waals surface area contributed by atoms with Crippen molar-refractivity contribution in [3.8, 4) is 0 Å². The number of anilines is 1. The number of rotatable bonds is 12. The van der Waals surface area contributed by atoms with Crippen LogP contribution in [0.15, 0.2) is 108 Å². The summed E-state index contributed by atoms with van der Waals surface area (Å²) in [6, 6.07) is 26.6. The van der Waals surface area contributed by atoms with Gasteiger partial charge in [0.15, 0.2) is 0 Å². The number of benzene rings is 4. The van der Waals surface area contributed by atoms with Crippen LogP contribution in [-0.4, -0.2) is 44.3 Å². The topological polar surface area (TPSA) is 86.8 Å². The fourth-order valence-electron chi connectivity index (χ4n) is 4.76. The quantitative estimate of drug-likeness (QED) is 0.218. The molecule has 0 aliphatic carbocycles. The van der Waals surface area contributed by atoms with E-state index in [1.54, 1.807) is 56.3 Å². The third-order valence-corrected chi connectivity index (χ3v) is 9.22. The molecule has 0 saturated carbocycles. The highest BCUT2D eigenvalue weighted by molar-refractivity contribution is 7.92. The normalized spacial score (nSPS) is 11.9. The summed E-state index contributed by atoms with van der Waals surface area (Å²) in [5, 5.41) is 3.11. The number of carbonyl (C=O) groups excluding carboxylic acids is 2. The number of nitrogens with one attached hydrogen (secondary N) is 1. The van der Waals surface area contributed by atoms with E-state index in [1.165, 1.54) is 35.2 Å². The third-order valence-electron chi connectivity index (χ3n) is 7.04. The lowest BCUT2D eigenvalue weighted by atomic mass is 10.0. The van der Waals surface area contributed by atoms with Crippen LogP contribution in [0.2, 0.25) is 5.02 Å². The van der Waals surface area contributed by atoms with Crippen molar-refractivity contribution >= 4 is 39.1 Å². The summed E-state index contributed by atoms with van der Waals surface area (Å²) < 4.78 is 44.0. The number of hydrogen-bond acceptors (Lipinski definition) is 4. The highest BCUT2D eigenvalue weighted by atomic mass is 35.5. The van der Waals surface area contributed by atoms with Crippen LogP contribution in [0.4, 0.5) is 10.1 Å². The van der Waals surface area contributed by atoms with Gasteiger partial charge in [0.2, 0.25) is 11.8 Å². The number of hydrogen-bond donors (Lipinski definition) is 1. The van der Waals surface area contributed by atoms with Crippen LogP contribution in [0, 0.1) is 12.7 Å². The molecule has 0 aliphatic heterocycles. The Kier molecular flexibility index (Phi) is 10.6. The molecule has 43 heavy (non-hydrogen) atoms. The average molecular weight is 622 g/mol. The van der Waals surface area contributed by atoms with Crippen LogP contribution < -0.4 is 9.62 Å². The summed E-state index contributed by atoms with van der Waals surface area (Å²) in [6.07, 6.45) is 0.133. The first kappa shape index (κ1) is 31.7. The second-order valence-corrected chi connectivity index (χ2v) is 12.2. The molecule has 1 unspecified atom stereocenters. The first-order valence-electron chi connectivity index (χ1n) is 13.8. The van der Waals surface area contributed by atoms with Gasteiger partial charge in [-0.15, -0.1) is 0 Å². The maximum absolute atomic E-state index is 14.9. The van der Waals surface area contributed by atoms with Gasteiger partial charge in [0.05, 0.1) is 10.6 Å². The van der Waals surface area contributed by atoms with Crippen molar-refractivity contribution in [1.82, 2.24) is 10.2 Å². The van der Waals surface area contributed by atoms with Gasteiger partial charge in [0, 0.05) is 30.1 Å². The lowest BCUT2D eigenvalue weighted by Gasteiger charge is -2.34. The maximum Gasteiger partial charge on any atom is 0.264 e. The Hall–Kier alpha value is -4.21. The minimum Gasteiger partial charge on any atom is -0.355 e. The van der Waals surface area contributed by atoms with Crippen molar-refractivity contribution < 1.29 is 22.4 Å². The Bertz CT molecular complexity index is 1670. The number of likely N-dealkylation sites (N-methyl/N-ethyl adjacent to an activating group) is 1. The monoisotopic (exact) mass is 621 g/mol. The molecule has 0 spiro atoms. The zero-order valence-corrected chi connectivity index (χ0v) is 25.5. The average Bonchev–Trinajstić information content (AvgIpc) is 3.01. The molecule has 0 fully saturated rings. The van der Waals surface area contributed by atoms with E-state index in [2.05, 4.69) is 5.32 Å². The number of carbonyl (C=O) groups is 2. The maximum atomic E-state index is 14.9. The van der Waals surface area contributed by atoms with E-state index >= 15 is 0 Å². The van der Waals surface area contributed by atoms with Gasteiger partial charge in [0.25, 0.3) is 10.0 Å². The lowest BCUT2D eigenvalue weighted by Crippen LogP contribution is -2.53. The van der Waals surface area contributed by atoms with Crippen LogP contribution in [0.5, 0.6) is 0 Å². The van der Waals surface area contributed by atoms with Crippen molar-refractivity contribution in [3.63, 3.8) is 0 Å². The van der Waals surface area contributed by atoms with Gasteiger partial charge in [-0.2, -0.15) is 0 Å². The Morgan fingerprint density at radius 2 is 1.51 bits per heavy atom. The summed E-state index contributed by atoms with van der Waals surface area (Å²) in [6.45, 7) is 2.82. The molecule has 0 heterocycles.